The van der Waals surface area contributed by atoms with E-state index in [2.05, 4.69) is 51.8 Å². The maximum absolute atomic E-state index is 5.72. The summed E-state index contributed by atoms with van der Waals surface area (Å²) in [6.07, 6.45) is 3.88. The summed E-state index contributed by atoms with van der Waals surface area (Å²) in [4.78, 5) is 4.61. The molecule has 0 saturated carbocycles. The maximum atomic E-state index is 5.72. The number of aromatic nitrogens is 2. The van der Waals surface area contributed by atoms with Crippen LogP contribution >= 0.6 is 24.0 Å². The lowest BCUT2D eigenvalue weighted by molar-refractivity contribution is 0.322. The molecule has 6 nitrogen and oxygen atoms in total. The number of ether oxygens (including phenoxy) is 1. The normalized spacial score (nSPS) is 11.0. The molecule has 144 valence electrons. The molecule has 0 aliphatic rings. The van der Waals surface area contributed by atoms with Crippen LogP contribution in [0.25, 0.3) is 0 Å². The average Bonchev–Trinajstić information content (AvgIpc) is 3.02. The highest BCUT2D eigenvalue weighted by Crippen LogP contribution is 2.10. The molecule has 1 aromatic carbocycles. The van der Waals surface area contributed by atoms with Gasteiger partial charge in [-0.15, -0.1) is 24.0 Å². The number of halogens is 1. The lowest BCUT2D eigenvalue weighted by atomic mass is 10.1. The molecule has 3 N–H and O–H groups in total. The Hall–Kier alpha value is -1.77. The number of guanidine groups is 1. The Morgan fingerprint density at radius 1 is 1.19 bits per heavy atom. The second-order valence-corrected chi connectivity index (χ2v) is 5.97. The summed E-state index contributed by atoms with van der Waals surface area (Å²) in [7, 11) is 0. The van der Waals surface area contributed by atoms with E-state index in [1.54, 1.807) is 0 Å². The summed E-state index contributed by atoms with van der Waals surface area (Å²) in [6.45, 7) is 9.10. The topological polar surface area (TPSA) is 74.3 Å². The van der Waals surface area contributed by atoms with Gasteiger partial charge in [0.2, 0.25) is 0 Å². The number of H-pyrrole nitrogens is 1. The zero-order valence-corrected chi connectivity index (χ0v) is 18.2. The van der Waals surface area contributed by atoms with Crippen molar-refractivity contribution in [3.63, 3.8) is 0 Å². The third kappa shape index (κ3) is 8.07. The summed E-state index contributed by atoms with van der Waals surface area (Å²) in [5, 5.41) is 13.6. The first-order chi connectivity index (χ1) is 12.2. The van der Waals surface area contributed by atoms with Gasteiger partial charge in [0, 0.05) is 18.8 Å². The minimum absolute atomic E-state index is 0. The summed E-state index contributed by atoms with van der Waals surface area (Å²) in [6, 6.07) is 8.09. The first-order valence-electron chi connectivity index (χ1n) is 8.89. The number of hydrogen-bond donors (Lipinski definition) is 3. The molecule has 0 spiro atoms. The van der Waals surface area contributed by atoms with Crippen molar-refractivity contribution in [2.45, 2.75) is 33.6 Å². The summed E-state index contributed by atoms with van der Waals surface area (Å²) >= 11 is 0. The second kappa shape index (κ2) is 12.6. The lowest BCUT2D eigenvalue weighted by Gasteiger charge is -2.12. The van der Waals surface area contributed by atoms with Gasteiger partial charge in [0.25, 0.3) is 0 Å². The van der Waals surface area contributed by atoms with Gasteiger partial charge in [-0.3, -0.25) is 10.1 Å². The average molecular weight is 471 g/mol. The van der Waals surface area contributed by atoms with Crippen LogP contribution in [-0.4, -0.2) is 42.4 Å². The fourth-order valence-electron chi connectivity index (χ4n) is 2.40. The van der Waals surface area contributed by atoms with Gasteiger partial charge in [-0.2, -0.15) is 5.10 Å². The molecule has 26 heavy (non-hydrogen) atoms. The first-order valence-corrected chi connectivity index (χ1v) is 8.89. The van der Waals surface area contributed by atoms with Crippen LogP contribution in [0, 0.1) is 13.8 Å². The lowest BCUT2D eigenvalue weighted by Crippen LogP contribution is -2.39. The molecule has 0 atom stereocenters. The van der Waals surface area contributed by atoms with E-state index in [1.807, 2.05) is 25.3 Å². The Balaban J connectivity index is 0.00000338. The van der Waals surface area contributed by atoms with Gasteiger partial charge in [0.05, 0.1) is 12.7 Å². The van der Waals surface area contributed by atoms with Crippen molar-refractivity contribution in [1.29, 1.82) is 0 Å². The Bertz CT molecular complexity index is 654. The summed E-state index contributed by atoms with van der Waals surface area (Å²) in [5.41, 5.74) is 3.64. The van der Waals surface area contributed by atoms with Crippen molar-refractivity contribution in [1.82, 2.24) is 20.8 Å². The summed E-state index contributed by atoms with van der Waals surface area (Å²) < 4.78 is 5.72. The standard InChI is InChI=1S/C19H29N5O.HI/c1-4-20-19(21-11-5-6-17-14-23-24-16(17)3)22-12-13-25-18-9-7-15(2)8-10-18;/h7-10,14H,4-6,11-13H2,1-3H3,(H,23,24)(H2,20,21,22);1H. The minimum Gasteiger partial charge on any atom is -0.492 e. The summed E-state index contributed by atoms with van der Waals surface area (Å²) in [5.74, 6) is 1.73. The molecular weight excluding hydrogens is 441 g/mol. The van der Waals surface area contributed by atoms with Gasteiger partial charge >= 0.3 is 0 Å². The van der Waals surface area contributed by atoms with Crippen LogP contribution in [0.5, 0.6) is 5.75 Å². The van der Waals surface area contributed by atoms with Crippen molar-refractivity contribution in [3.05, 3.63) is 47.3 Å². The van der Waals surface area contributed by atoms with Gasteiger partial charge in [-0.05, 0) is 51.3 Å². The SMILES string of the molecule is CCNC(=NCCCc1cn[nH]c1C)NCCOc1ccc(C)cc1.I. The Morgan fingerprint density at radius 2 is 1.96 bits per heavy atom. The van der Waals surface area contributed by atoms with Crippen LogP contribution in [0.4, 0.5) is 0 Å². The van der Waals surface area contributed by atoms with Gasteiger partial charge < -0.3 is 15.4 Å². The predicted octanol–water partition coefficient (Wildman–Crippen LogP) is 3.21. The van der Waals surface area contributed by atoms with Gasteiger partial charge in [-0.1, -0.05) is 17.7 Å². The van der Waals surface area contributed by atoms with E-state index in [9.17, 15) is 0 Å². The Morgan fingerprint density at radius 3 is 2.62 bits per heavy atom. The van der Waals surface area contributed by atoms with E-state index in [1.165, 1.54) is 11.1 Å². The molecule has 0 aliphatic heterocycles. The third-order valence-corrected chi connectivity index (χ3v) is 3.84. The van der Waals surface area contributed by atoms with E-state index in [0.717, 1.165) is 43.3 Å². The smallest absolute Gasteiger partial charge is 0.191 e. The maximum Gasteiger partial charge on any atom is 0.191 e. The molecule has 0 fully saturated rings. The molecule has 2 aromatic rings. The molecular formula is C19H30IN5O. The number of nitrogens with zero attached hydrogens (tertiary/aromatic N) is 2. The van der Waals surface area contributed by atoms with Crippen LogP contribution in [-0.2, 0) is 6.42 Å². The number of rotatable bonds is 9. The zero-order valence-electron chi connectivity index (χ0n) is 15.8. The Kier molecular flexibility index (Phi) is 10.8. The van der Waals surface area contributed by atoms with Crippen LogP contribution in [0.15, 0.2) is 35.5 Å². The van der Waals surface area contributed by atoms with Gasteiger partial charge in [0.1, 0.15) is 12.4 Å². The van der Waals surface area contributed by atoms with E-state index < -0.39 is 0 Å². The number of aryl methyl sites for hydroxylation is 3. The van der Waals surface area contributed by atoms with Crippen molar-refractivity contribution >= 4 is 29.9 Å². The fraction of sp³-hybridized carbons (Fsp3) is 0.474. The van der Waals surface area contributed by atoms with Crippen LogP contribution in [0.3, 0.4) is 0 Å². The number of benzene rings is 1. The van der Waals surface area contributed by atoms with Crippen LogP contribution < -0.4 is 15.4 Å². The molecule has 2 rings (SSSR count). The molecule has 1 aromatic heterocycles. The monoisotopic (exact) mass is 471 g/mol. The van der Waals surface area contributed by atoms with E-state index in [4.69, 9.17) is 4.74 Å². The van der Waals surface area contributed by atoms with E-state index in [-0.39, 0.29) is 24.0 Å². The highest BCUT2D eigenvalue weighted by Gasteiger charge is 2.01. The Labute approximate surface area is 173 Å². The van der Waals surface area contributed by atoms with Gasteiger partial charge in [0.15, 0.2) is 5.96 Å². The largest absolute Gasteiger partial charge is 0.492 e. The molecule has 0 radical (unpaired) electrons. The third-order valence-electron chi connectivity index (χ3n) is 3.84. The second-order valence-electron chi connectivity index (χ2n) is 5.97. The number of hydrogen-bond acceptors (Lipinski definition) is 3. The molecule has 7 heteroatoms. The molecule has 0 aliphatic carbocycles. The highest BCUT2D eigenvalue weighted by atomic mass is 127. The molecule has 0 saturated heterocycles. The van der Waals surface area contributed by atoms with Crippen molar-refractivity contribution in [3.8, 4) is 5.75 Å². The molecule has 0 bridgehead atoms. The molecule has 0 amide bonds. The van der Waals surface area contributed by atoms with E-state index >= 15 is 0 Å². The first kappa shape index (κ1) is 22.3. The fourth-order valence-corrected chi connectivity index (χ4v) is 2.40. The van der Waals surface area contributed by atoms with Crippen LogP contribution in [0.2, 0.25) is 0 Å². The van der Waals surface area contributed by atoms with Gasteiger partial charge in [-0.25, -0.2) is 0 Å². The number of aliphatic imine (C=N–C) groups is 1. The predicted molar refractivity (Wildman–Crippen MR) is 118 cm³/mol. The van der Waals surface area contributed by atoms with Crippen LogP contribution in [0.1, 0.15) is 30.2 Å². The quantitative estimate of drug-likeness (QED) is 0.227. The van der Waals surface area contributed by atoms with Crippen molar-refractivity contribution in [2.75, 3.05) is 26.2 Å². The highest BCUT2D eigenvalue weighted by molar-refractivity contribution is 14.0. The number of aromatic amines is 1. The molecule has 0 unspecified atom stereocenters. The minimum atomic E-state index is 0. The number of nitrogens with one attached hydrogen (secondary N) is 3. The van der Waals surface area contributed by atoms with Crippen molar-refractivity contribution < 1.29 is 4.74 Å². The zero-order chi connectivity index (χ0) is 17.9. The van der Waals surface area contributed by atoms with E-state index in [0.29, 0.717) is 13.2 Å². The molecule has 1 heterocycles. The van der Waals surface area contributed by atoms with Crippen molar-refractivity contribution in [2.24, 2.45) is 4.99 Å².